The van der Waals surface area contributed by atoms with Gasteiger partial charge in [-0.25, -0.2) is 0 Å². The number of anilines is 2. The molecular formula is C22H18ClN3OS. The highest BCUT2D eigenvalue weighted by Crippen LogP contribution is 2.28. The van der Waals surface area contributed by atoms with Crippen LogP contribution >= 0.6 is 23.5 Å². The molecule has 140 valence electrons. The Hall–Kier alpha value is -2.89. The lowest BCUT2D eigenvalue weighted by molar-refractivity contribution is 0.469. The molecule has 4 aromatic rings. The van der Waals surface area contributed by atoms with Crippen LogP contribution < -0.4 is 10.0 Å². The summed E-state index contributed by atoms with van der Waals surface area (Å²) < 4.78 is 3.33. The molecule has 0 fully saturated rings. The lowest BCUT2D eigenvalue weighted by Crippen LogP contribution is -1.99. The number of halogens is 1. The molecule has 0 atom stereocenters. The first-order valence-electron chi connectivity index (χ1n) is 8.77. The van der Waals surface area contributed by atoms with Crippen molar-refractivity contribution in [2.75, 3.05) is 10.0 Å². The minimum absolute atomic E-state index is 0.122. The van der Waals surface area contributed by atoms with Crippen LogP contribution in [-0.2, 0) is 6.54 Å². The molecule has 0 radical (unpaired) electrons. The minimum atomic E-state index is 0.122. The van der Waals surface area contributed by atoms with Crippen molar-refractivity contribution in [1.29, 1.82) is 0 Å². The van der Waals surface area contributed by atoms with Crippen LogP contribution in [0.15, 0.2) is 83.9 Å². The zero-order valence-corrected chi connectivity index (χ0v) is 16.5. The molecule has 0 saturated heterocycles. The fourth-order valence-electron chi connectivity index (χ4n) is 2.79. The molecule has 4 rings (SSSR count). The van der Waals surface area contributed by atoms with Gasteiger partial charge in [0.25, 0.3) is 0 Å². The maximum Gasteiger partial charge on any atom is 0.139 e. The van der Waals surface area contributed by atoms with E-state index in [2.05, 4.69) is 27.2 Å². The molecule has 0 unspecified atom stereocenters. The van der Waals surface area contributed by atoms with E-state index in [1.165, 1.54) is 11.9 Å². The minimum Gasteiger partial charge on any atom is -0.506 e. The largest absolute Gasteiger partial charge is 0.506 e. The van der Waals surface area contributed by atoms with E-state index in [9.17, 15) is 5.11 Å². The quantitative estimate of drug-likeness (QED) is 0.326. The maximum atomic E-state index is 9.98. The van der Waals surface area contributed by atoms with Crippen molar-refractivity contribution in [3.63, 3.8) is 0 Å². The molecule has 0 bridgehead atoms. The number of aromatic hydroxyl groups is 1. The molecule has 0 aliphatic heterocycles. The van der Waals surface area contributed by atoms with Crippen LogP contribution in [0.4, 0.5) is 11.4 Å². The van der Waals surface area contributed by atoms with Gasteiger partial charge in [-0.2, -0.15) is 0 Å². The third-order valence-electron chi connectivity index (χ3n) is 4.28. The van der Waals surface area contributed by atoms with E-state index < -0.39 is 0 Å². The van der Waals surface area contributed by atoms with Gasteiger partial charge in [0.1, 0.15) is 5.75 Å². The Morgan fingerprint density at radius 1 is 0.929 bits per heavy atom. The fourth-order valence-corrected chi connectivity index (χ4v) is 3.60. The number of rotatable bonds is 6. The number of fused-ring (bicyclic) bond motifs is 1. The van der Waals surface area contributed by atoms with Crippen molar-refractivity contribution in [3.05, 3.63) is 89.6 Å². The van der Waals surface area contributed by atoms with Gasteiger partial charge in [0, 0.05) is 28.1 Å². The van der Waals surface area contributed by atoms with Gasteiger partial charge in [0.15, 0.2) is 0 Å². The lowest BCUT2D eigenvalue weighted by Gasteiger charge is -2.10. The van der Waals surface area contributed by atoms with E-state index in [1.807, 2.05) is 60.8 Å². The summed E-state index contributed by atoms with van der Waals surface area (Å²) in [6.45, 7) is 0.500. The molecule has 0 amide bonds. The van der Waals surface area contributed by atoms with Crippen molar-refractivity contribution in [2.45, 2.75) is 11.4 Å². The standard InChI is InChI=1S/C22H18ClN3OS/c23-20-6-3-5-16(22(20)27)13-24-17-8-10-19(11-9-17)28-26-18-12-15-4-1-2-7-21(15)25-14-18/h1-12,14,24,26-27H,13H2. The van der Waals surface area contributed by atoms with Gasteiger partial charge in [0.2, 0.25) is 0 Å². The number of phenols is 1. The molecule has 0 aliphatic carbocycles. The van der Waals surface area contributed by atoms with Gasteiger partial charge in [0.05, 0.1) is 22.4 Å². The normalized spacial score (nSPS) is 10.8. The summed E-state index contributed by atoms with van der Waals surface area (Å²) in [7, 11) is 0. The van der Waals surface area contributed by atoms with E-state index in [1.54, 1.807) is 6.07 Å². The Morgan fingerprint density at radius 2 is 1.75 bits per heavy atom. The van der Waals surface area contributed by atoms with Gasteiger partial charge < -0.3 is 15.1 Å². The van der Waals surface area contributed by atoms with Crippen molar-refractivity contribution >= 4 is 45.8 Å². The second-order valence-electron chi connectivity index (χ2n) is 6.25. The number of nitrogens with one attached hydrogen (secondary N) is 2. The average Bonchev–Trinajstić information content (AvgIpc) is 2.74. The van der Waals surface area contributed by atoms with E-state index >= 15 is 0 Å². The van der Waals surface area contributed by atoms with Gasteiger partial charge in [-0.3, -0.25) is 4.98 Å². The molecule has 6 heteroatoms. The number of para-hydroxylation sites is 2. The van der Waals surface area contributed by atoms with Crippen LogP contribution in [0.3, 0.4) is 0 Å². The summed E-state index contributed by atoms with van der Waals surface area (Å²) in [5, 5.41) is 14.7. The smallest absolute Gasteiger partial charge is 0.139 e. The number of benzene rings is 3. The van der Waals surface area contributed by atoms with E-state index in [4.69, 9.17) is 11.6 Å². The molecule has 0 aliphatic rings. The van der Waals surface area contributed by atoms with E-state index in [0.717, 1.165) is 32.7 Å². The first kappa shape index (κ1) is 18.5. The number of aromatic nitrogens is 1. The predicted octanol–water partition coefficient (Wildman–Crippen LogP) is 6.33. The van der Waals surface area contributed by atoms with Crippen LogP contribution in [0.1, 0.15) is 5.56 Å². The van der Waals surface area contributed by atoms with E-state index in [-0.39, 0.29) is 5.75 Å². The number of pyridine rings is 1. The first-order valence-corrected chi connectivity index (χ1v) is 9.96. The predicted molar refractivity (Wildman–Crippen MR) is 118 cm³/mol. The van der Waals surface area contributed by atoms with Gasteiger partial charge in [-0.15, -0.1) is 0 Å². The second kappa shape index (κ2) is 8.42. The third-order valence-corrected chi connectivity index (χ3v) is 5.44. The average molecular weight is 408 g/mol. The van der Waals surface area contributed by atoms with Gasteiger partial charge in [-0.1, -0.05) is 41.9 Å². The van der Waals surface area contributed by atoms with Gasteiger partial charge in [-0.05, 0) is 54.4 Å². The van der Waals surface area contributed by atoms with Crippen molar-refractivity contribution < 1.29 is 5.11 Å². The molecule has 28 heavy (non-hydrogen) atoms. The Labute approximate surface area is 172 Å². The number of hydrogen-bond donors (Lipinski definition) is 3. The summed E-state index contributed by atoms with van der Waals surface area (Å²) >= 11 is 7.48. The summed E-state index contributed by atoms with van der Waals surface area (Å²) in [6, 6.07) is 23.6. The zero-order chi connectivity index (χ0) is 19.3. The van der Waals surface area contributed by atoms with Gasteiger partial charge >= 0.3 is 0 Å². The summed E-state index contributed by atoms with van der Waals surface area (Å²) in [6.07, 6.45) is 1.84. The molecular weight excluding hydrogens is 390 g/mol. The van der Waals surface area contributed by atoms with Crippen LogP contribution in [0.25, 0.3) is 10.9 Å². The summed E-state index contributed by atoms with van der Waals surface area (Å²) in [5.41, 5.74) is 3.68. The van der Waals surface area contributed by atoms with Crippen molar-refractivity contribution in [3.8, 4) is 5.75 Å². The highest BCUT2D eigenvalue weighted by Gasteiger charge is 2.05. The Kier molecular flexibility index (Phi) is 5.55. The fraction of sp³-hybridized carbons (Fsp3) is 0.0455. The molecule has 3 N–H and O–H groups in total. The van der Waals surface area contributed by atoms with Crippen LogP contribution in [0, 0.1) is 0 Å². The second-order valence-corrected chi connectivity index (χ2v) is 7.53. The molecule has 4 nitrogen and oxygen atoms in total. The topological polar surface area (TPSA) is 57.2 Å². The number of nitrogens with zero attached hydrogens (tertiary/aromatic N) is 1. The molecule has 1 heterocycles. The highest BCUT2D eigenvalue weighted by molar-refractivity contribution is 8.00. The summed E-state index contributed by atoms with van der Waals surface area (Å²) in [4.78, 5) is 5.55. The Balaban J connectivity index is 1.35. The number of hydrogen-bond acceptors (Lipinski definition) is 5. The van der Waals surface area contributed by atoms with Crippen molar-refractivity contribution in [1.82, 2.24) is 4.98 Å². The molecule has 0 spiro atoms. The molecule has 3 aromatic carbocycles. The third kappa shape index (κ3) is 4.32. The number of phenolic OH excluding ortho intramolecular Hbond substituents is 1. The maximum absolute atomic E-state index is 9.98. The zero-order valence-electron chi connectivity index (χ0n) is 14.9. The van der Waals surface area contributed by atoms with Crippen LogP contribution in [0.5, 0.6) is 5.75 Å². The summed E-state index contributed by atoms with van der Waals surface area (Å²) in [5.74, 6) is 0.122. The Morgan fingerprint density at radius 3 is 2.61 bits per heavy atom. The first-order chi connectivity index (χ1) is 13.7. The molecule has 1 aromatic heterocycles. The molecule has 0 saturated carbocycles. The van der Waals surface area contributed by atoms with E-state index in [0.29, 0.717) is 11.6 Å². The lowest BCUT2D eigenvalue weighted by atomic mass is 10.2. The Bertz CT molecular complexity index is 1100. The SMILES string of the molecule is Oc1c(Cl)cccc1CNc1ccc(SNc2cnc3ccccc3c2)cc1. The monoisotopic (exact) mass is 407 g/mol. The van der Waals surface area contributed by atoms with Crippen LogP contribution in [-0.4, -0.2) is 10.1 Å². The highest BCUT2D eigenvalue weighted by atomic mass is 35.5. The van der Waals surface area contributed by atoms with Crippen LogP contribution in [0.2, 0.25) is 5.02 Å². The van der Waals surface area contributed by atoms with Crippen molar-refractivity contribution in [2.24, 2.45) is 0 Å².